The first-order valence-corrected chi connectivity index (χ1v) is 7.53. The van der Waals surface area contributed by atoms with Crippen LogP contribution in [0.1, 0.15) is 38.5 Å². The van der Waals surface area contributed by atoms with Crippen LogP contribution in [0.25, 0.3) is 0 Å². The van der Waals surface area contributed by atoms with Gasteiger partial charge < -0.3 is 10.6 Å². The lowest BCUT2D eigenvalue weighted by atomic mass is 9.78. The van der Waals surface area contributed by atoms with Gasteiger partial charge in [0.25, 0.3) is 0 Å². The Balaban J connectivity index is 1.79. The highest BCUT2D eigenvalue weighted by atomic mass is 19.4. The van der Waals surface area contributed by atoms with E-state index in [2.05, 4.69) is 10.6 Å². The monoisotopic (exact) mass is 292 g/mol. The van der Waals surface area contributed by atoms with E-state index in [-0.39, 0.29) is 6.42 Å². The zero-order chi connectivity index (χ0) is 14.6. The van der Waals surface area contributed by atoms with E-state index in [9.17, 15) is 18.0 Å². The number of hydrogen-bond donors (Lipinski definition) is 2. The maximum atomic E-state index is 12.9. The Morgan fingerprint density at radius 2 is 1.95 bits per heavy atom. The van der Waals surface area contributed by atoms with Crippen molar-refractivity contribution in [1.82, 2.24) is 10.6 Å². The number of rotatable bonds is 4. The number of carbonyl (C=O) groups is 1. The van der Waals surface area contributed by atoms with E-state index in [1.165, 1.54) is 0 Å². The van der Waals surface area contributed by atoms with Gasteiger partial charge in [0.05, 0.1) is 5.92 Å². The van der Waals surface area contributed by atoms with E-state index in [0.717, 1.165) is 32.4 Å². The van der Waals surface area contributed by atoms with Crippen molar-refractivity contribution in [3.8, 4) is 0 Å². The zero-order valence-electron chi connectivity index (χ0n) is 11.6. The summed E-state index contributed by atoms with van der Waals surface area (Å²) in [4.78, 5) is 12.0. The minimum atomic E-state index is -4.25. The first kappa shape index (κ1) is 15.6. The second-order valence-corrected chi connectivity index (χ2v) is 5.98. The van der Waals surface area contributed by atoms with Gasteiger partial charge in [0.2, 0.25) is 5.91 Å². The molecule has 2 rings (SSSR count). The van der Waals surface area contributed by atoms with Crippen molar-refractivity contribution in [2.24, 2.45) is 17.8 Å². The number of halogens is 3. The summed E-state index contributed by atoms with van der Waals surface area (Å²) < 4.78 is 38.8. The van der Waals surface area contributed by atoms with Crippen LogP contribution in [0, 0.1) is 17.8 Å². The maximum absolute atomic E-state index is 12.9. The van der Waals surface area contributed by atoms with Crippen molar-refractivity contribution >= 4 is 5.91 Å². The topological polar surface area (TPSA) is 41.1 Å². The molecule has 1 saturated carbocycles. The molecule has 0 bridgehead atoms. The normalized spacial score (nSPS) is 31.2. The molecule has 3 nitrogen and oxygen atoms in total. The molecule has 0 aromatic heterocycles. The van der Waals surface area contributed by atoms with Crippen LogP contribution in [0.4, 0.5) is 13.2 Å². The Morgan fingerprint density at radius 3 is 2.60 bits per heavy atom. The molecule has 0 aromatic carbocycles. The molecule has 6 heteroatoms. The van der Waals surface area contributed by atoms with Gasteiger partial charge in [0.15, 0.2) is 0 Å². The molecule has 2 N–H and O–H groups in total. The Kier molecular flexibility index (Phi) is 5.29. The lowest BCUT2D eigenvalue weighted by Crippen LogP contribution is -2.43. The van der Waals surface area contributed by atoms with Crippen LogP contribution in [-0.2, 0) is 4.79 Å². The smallest absolute Gasteiger partial charge is 0.356 e. The zero-order valence-corrected chi connectivity index (χ0v) is 11.6. The third-order valence-corrected chi connectivity index (χ3v) is 4.54. The van der Waals surface area contributed by atoms with Gasteiger partial charge in [0, 0.05) is 12.5 Å². The van der Waals surface area contributed by atoms with Crippen LogP contribution in [-0.4, -0.2) is 31.7 Å². The fourth-order valence-corrected chi connectivity index (χ4v) is 3.33. The van der Waals surface area contributed by atoms with Crippen molar-refractivity contribution in [1.29, 1.82) is 0 Å². The third-order valence-electron chi connectivity index (χ3n) is 4.54. The van der Waals surface area contributed by atoms with Gasteiger partial charge in [0.1, 0.15) is 0 Å². The molecule has 2 fully saturated rings. The average molecular weight is 292 g/mol. The second kappa shape index (κ2) is 6.78. The highest BCUT2D eigenvalue weighted by Gasteiger charge is 2.47. The molecule has 116 valence electrons. The summed E-state index contributed by atoms with van der Waals surface area (Å²) in [6.07, 6.45) is -0.571. The number of alkyl halides is 3. The van der Waals surface area contributed by atoms with Crippen molar-refractivity contribution in [2.45, 2.75) is 44.7 Å². The van der Waals surface area contributed by atoms with E-state index < -0.39 is 23.9 Å². The molecule has 2 aliphatic rings. The lowest BCUT2D eigenvalue weighted by molar-refractivity contribution is -0.198. The van der Waals surface area contributed by atoms with Gasteiger partial charge in [-0.3, -0.25) is 4.79 Å². The summed E-state index contributed by atoms with van der Waals surface area (Å²) in [5.41, 5.74) is 0. The highest BCUT2D eigenvalue weighted by molar-refractivity contribution is 5.79. The van der Waals surface area contributed by atoms with Gasteiger partial charge in [-0.05, 0) is 44.7 Å². The maximum Gasteiger partial charge on any atom is 0.392 e. The summed E-state index contributed by atoms with van der Waals surface area (Å²) in [5, 5.41) is 5.95. The number of nitrogens with one attached hydrogen (secondary N) is 2. The second-order valence-electron chi connectivity index (χ2n) is 5.98. The van der Waals surface area contributed by atoms with Crippen LogP contribution in [0.15, 0.2) is 0 Å². The molecule has 1 saturated heterocycles. The summed E-state index contributed by atoms with van der Waals surface area (Å²) in [6, 6.07) is 0. The Hall–Kier alpha value is -0.780. The van der Waals surface area contributed by atoms with Crippen LogP contribution >= 0.6 is 0 Å². The molecule has 0 aromatic rings. The summed E-state index contributed by atoms with van der Waals surface area (Å²) >= 11 is 0. The molecule has 1 amide bonds. The van der Waals surface area contributed by atoms with Crippen LogP contribution in [0.3, 0.4) is 0 Å². The largest absolute Gasteiger partial charge is 0.392 e. The number of amides is 1. The van der Waals surface area contributed by atoms with Gasteiger partial charge in [-0.1, -0.05) is 12.8 Å². The van der Waals surface area contributed by atoms with Gasteiger partial charge in [-0.2, -0.15) is 13.2 Å². The molecule has 1 aliphatic heterocycles. The Morgan fingerprint density at radius 1 is 1.20 bits per heavy atom. The van der Waals surface area contributed by atoms with E-state index in [1.54, 1.807) is 0 Å². The molecule has 0 radical (unpaired) electrons. The van der Waals surface area contributed by atoms with Gasteiger partial charge in [-0.15, -0.1) is 0 Å². The quantitative estimate of drug-likeness (QED) is 0.836. The highest BCUT2D eigenvalue weighted by Crippen LogP contribution is 2.41. The van der Waals surface area contributed by atoms with Crippen LogP contribution in [0.5, 0.6) is 0 Å². The minimum absolute atomic E-state index is 0.0914. The minimum Gasteiger partial charge on any atom is -0.356 e. The van der Waals surface area contributed by atoms with E-state index in [1.807, 2.05) is 0 Å². The SMILES string of the molecule is O=C(NCCC1CCNC1)C1CCCCC1C(F)(F)F. The van der Waals surface area contributed by atoms with Gasteiger partial charge >= 0.3 is 6.18 Å². The van der Waals surface area contributed by atoms with E-state index in [0.29, 0.717) is 25.3 Å². The molecule has 1 aliphatic carbocycles. The van der Waals surface area contributed by atoms with E-state index in [4.69, 9.17) is 0 Å². The molecule has 1 heterocycles. The Labute approximate surface area is 117 Å². The third kappa shape index (κ3) is 4.11. The standard InChI is InChI=1S/C14H23F3N2O/c15-14(16,17)12-4-2-1-3-11(12)13(20)19-8-6-10-5-7-18-9-10/h10-12,18H,1-9H2,(H,19,20). The molecule has 3 unspecified atom stereocenters. The summed E-state index contributed by atoms with van der Waals surface area (Å²) in [5.74, 6) is -2.20. The fourth-order valence-electron chi connectivity index (χ4n) is 3.33. The van der Waals surface area contributed by atoms with Crippen molar-refractivity contribution in [3.05, 3.63) is 0 Å². The molecular formula is C14H23F3N2O. The first-order valence-electron chi connectivity index (χ1n) is 7.53. The van der Waals surface area contributed by atoms with E-state index >= 15 is 0 Å². The molecular weight excluding hydrogens is 269 g/mol. The number of carbonyl (C=O) groups excluding carboxylic acids is 1. The molecule has 20 heavy (non-hydrogen) atoms. The lowest BCUT2D eigenvalue weighted by Gasteiger charge is -2.32. The number of hydrogen-bond acceptors (Lipinski definition) is 2. The Bertz CT molecular complexity index is 327. The predicted molar refractivity (Wildman–Crippen MR) is 70.1 cm³/mol. The molecule has 0 spiro atoms. The van der Waals surface area contributed by atoms with Crippen molar-refractivity contribution in [3.63, 3.8) is 0 Å². The first-order chi connectivity index (χ1) is 9.48. The van der Waals surface area contributed by atoms with Crippen molar-refractivity contribution in [2.75, 3.05) is 19.6 Å². The fraction of sp³-hybridized carbons (Fsp3) is 0.929. The average Bonchev–Trinajstić information content (AvgIpc) is 2.91. The van der Waals surface area contributed by atoms with Crippen LogP contribution in [0.2, 0.25) is 0 Å². The molecule has 3 atom stereocenters. The summed E-state index contributed by atoms with van der Waals surface area (Å²) in [6.45, 7) is 2.44. The summed E-state index contributed by atoms with van der Waals surface area (Å²) in [7, 11) is 0. The van der Waals surface area contributed by atoms with Crippen molar-refractivity contribution < 1.29 is 18.0 Å². The predicted octanol–water partition coefficient (Wildman–Crippen LogP) is 2.47. The van der Waals surface area contributed by atoms with Crippen LogP contribution < -0.4 is 10.6 Å². The van der Waals surface area contributed by atoms with Gasteiger partial charge in [-0.25, -0.2) is 0 Å².